The first-order chi connectivity index (χ1) is 13.0. The Kier molecular flexibility index (Phi) is 5.60. The van der Waals surface area contributed by atoms with E-state index in [-0.39, 0.29) is 17.0 Å². The topological polar surface area (TPSA) is 39.2 Å². The molecule has 0 aliphatic carbocycles. The highest BCUT2D eigenvalue weighted by Gasteiger charge is 2.14. The summed E-state index contributed by atoms with van der Waals surface area (Å²) in [6, 6.07) is 13.4. The van der Waals surface area contributed by atoms with Gasteiger partial charge in [0.15, 0.2) is 0 Å². The Balaban J connectivity index is 1.73. The minimum atomic E-state index is -0.775. The summed E-state index contributed by atoms with van der Waals surface area (Å²) in [7, 11) is 0. The monoisotopic (exact) mass is 367 g/mol. The molecule has 5 heteroatoms. The molecule has 3 nitrogen and oxygen atoms in total. The van der Waals surface area contributed by atoms with Crippen molar-refractivity contribution >= 4 is 5.97 Å². The second-order valence-electron chi connectivity index (χ2n) is 6.28. The van der Waals surface area contributed by atoms with Gasteiger partial charge in [-0.3, -0.25) is 0 Å². The number of aryl methyl sites for hydroxylation is 1. The van der Waals surface area contributed by atoms with E-state index in [1.807, 2.05) is 12.1 Å². The number of carbonyl (C=O) groups is 1. The van der Waals surface area contributed by atoms with E-state index in [0.717, 1.165) is 36.1 Å². The molecule has 0 saturated carbocycles. The summed E-state index contributed by atoms with van der Waals surface area (Å²) < 4.78 is 32.2. The second kappa shape index (κ2) is 8.08. The standard InChI is InChI=1S/C22H19F2NO2/c1-3-4-15-5-7-16(8-6-15)17-9-10-21(25-13-17)22(26)27-18-11-19(23)14(2)20(24)12-18/h5-13H,3-4H2,1-2H3. The molecule has 0 aliphatic heterocycles. The van der Waals surface area contributed by atoms with E-state index in [4.69, 9.17) is 4.74 Å². The van der Waals surface area contributed by atoms with Crippen LogP contribution < -0.4 is 4.74 Å². The quantitative estimate of drug-likeness (QED) is 0.441. The molecule has 3 aromatic rings. The van der Waals surface area contributed by atoms with Crippen LogP contribution in [0.1, 0.15) is 35.0 Å². The van der Waals surface area contributed by atoms with Crippen LogP contribution in [-0.2, 0) is 6.42 Å². The lowest BCUT2D eigenvalue weighted by molar-refractivity contribution is 0.0727. The number of aromatic nitrogens is 1. The zero-order valence-electron chi connectivity index (χ0n) is 15.1. The maximum Gasteiger partial charge on any atom is 0.362 e. The summed E-state index contributed by atoms with van der Waals surface area (Å²) in [5.41, 5.74) is 3.06. The van der Waals surface area contributed by atoms with Crippen LogP contribution in [0.15, 0.2) is 54.7 Å². The minimum absolute atomic E-state index is 0.0581. The second-order valence-corrected chi connectivity index (χ2v) is 6.28. The van der Waals surface area contributed by atoms with Crippen LogP contribution in [0.4, 0.5) is 8.78 Å². The normalized spacial score (nSPS) is 10.7. The fourth-order valence-electron chi connectivity index (χ4n) is 2.68. The molecule has 2 aromatic carbocycles. The van der Waals surface area contributed by atoms with Crippen LogP contribution >= 0.6 is 0 Å². The Labute approximate surface area is 156 Å². The van der Waals surface area contributed by atoms with E-state index in [0.29, 0.717) is 0 Å². The van der Waals surface area contributed by atoms with E-state index in [9.17, 15) is 13.6 Å². The van der Waals surface area contributed by atoms with Gasteiger partial charge < -0.3 is 4.74 Å². The fraction of sp³-hybridized carbons (Fsp3) is 0.182. The van der Waals surface area contributed by atoms with Gasteiger partial charge in [-0.15, -0.1) is 0 Å². The van der Waals surface area contributed by atoms with Crippen molar-refractivity contribution < 1.29 is 18.3 Å². The SMILES string of the molecule is CCCc1ccc(-c2ccc(C(=O)Oc3cc(F)c(C)c(F)c3)nc2)cc1. The summed E-state index contributed by atoms with van der Waals surface area (Å²) in [5.74, 6) is -2.51. The number of carbonyl (C=O) groups excluding carboxylic acids is 1. The van der Waals surface area contributed by atoms with Crippen molar-refractivity contribution in [2.45, 2.75) is 26.7 Å². The largest absolute Gasteiger partial charge is 0.422 e. The molecule has 138 valence electrons. The third-order valence-electron chi connectivity index (χ3n) is 4.26. The lowest BCUT2D eigenvalue weighted by Crippen LogP contribution is -2.11. The molecule has 3 rings (SSSR count). The van der Waals surface area contributed by atoms with Crippen LogP contribution in [0, 0.1) is 18.6 Å². The van der Waals surface area contributed by atoms with Crippen molar-refractivity contribution in [3.8, 4) is 16.9 Å². The summed E-state index contributed by atoms with van der Waals surface area (Å²) in [4.78, 5) is 16.3. The molecule has 0 unspecified atom stereocenters. The maximum atomic E-state index is 13.6. The lowest BCUT2D eigenvalue weighted by Gasteiger charge is -2.07. The molecule has 0 bridgehead atoms. The van der Waals surface area contributed by atoms with Crippen LogP contribution in [-0.4, -0.2) is 11.0 Å². The molecule has 0 atom stereocenters. The molecule has 0 spiro atoms. The molecule has 27 heavy (non-hydrogen) atoms. The number of rotatable bonds is 5. The van der Waals surface area contributed by atoms with Crippen LogP contribution in [0.3, 0.4) is 0 Å². The molecule has 0 aliphatic rings. The number of nitrogens with zero attached hydrogens (tertiary/aromatic N) is 1. The Morgan fingerprint density at radius 3 is 2.19 bits per heavy atom. The summed E-state index contributed by atoms with van der Waals surface area (Å²) >= 11 is 0. The van der Waals surface area contributed by atoms with E-state index in [1.165, 1.54) is 18.6 Å². The molecule has 0 radical (unpaired) electrons. The van der Waals surface area contributed by atoms with Crippen molar-refractivity contribution in [2.75, 3.05) is 0 Å². The third kappa shape index (κ3) is 4.37. The number of esters is 1. The highest BCUT2D eigenvalue weighted by molar-refractivity contribution is 5.89. The van der Waals surface area contributed by atoms with Crippen molar-refractivity contribution in [3.63, 3.8) is 0 Å². The molecule has 0 saturated heterocycles. The first-order valence-electron chi connectivity index (χ1n) is 8.71. The number of benzene rings is 2. The average molecular weight is 367 g/mol. The maximum absolute atomic E-state index is 13.6. The Morgan fingerprint density at radius 1 is 1.00 bits per heavy atom. The van der Waals surface area contributed by atoms with Gasteiger partial charge in [-0.1, -0.05) is 43.7 Å². The number of hydrogen-bond donors (Lipinski definition) is 0. The third-order valence-corrected chi connectivity index (χ3v) is 4.26. The molecule has 0 amide bonds. The molecule has 0 N–H and O–H groups in total. The number of pyridine rings is 1. The Morgan fingerprint density at radius 2 is 1.63 bits per heavy atom. The van der Waals surface area contributed by atoms with Gasteiger partial charge >= 0.3 is 5.97 Å². The Hall–Kier alpha value is -3.08. The number of hydrogen-bond acceptors (Lipinski definition) is 3. The summed E-state index contributed by atoms with van der Waals surface area (Å²) in [6.07, 6.45) is 3.69. The van der Waals surface area contributed by atoms with Crippen LogP contribution in [0.5, 0.6) is 5.75 Å². The predicted octanol–water partition coefficient (Wildman–Crippen LogP) is 5.51. The van der Waals surface area contributed by atoms with Crippen molar-refractivity contribution in [2.24, 2.45) is 0 Å². The molecule has 1 aromatic heterocycles. The van der Waals surface area contributed by atoms with Crippen molar-refractivity contribution in [1.29, 1.82) is 0 Å². The van der Waals surface area contributed by atoms with E-state index < -0.39 is 17.6 Å². The van der Waals surface area contributed by atoms with Crippen LogP contribution in [0.25, 0.3) is 11.1 Å². The zero-order valence-corrected chi connectivity index (χ0v) is 15.1. The van der Waals surface area contributed by atoms with E-state index in [1.54, 1.807) is 12.3 Å². The lowest BCUT2D eigenvalue weighted by atomic mass is 10.0. The van der Waals surface area contributed by atoms with Gasteiger partial charge in [-0.05, 0) is 30.5 Å². The van der Waals surface area contributed by atoms with Gasteiger partial charge in [0.25, 0.3) is 0 Å². The number of ether oxygens (including phenoxy) is 1. The molecule has 1 heterocycles. The van der Waals surface area contributed by atoms with Gasteiger partial charge in [0.1, 0.15) is 23.1 Å². The van der Waals surface area contributed by atoms with Gasteiger partial charge in [0.05, 0.1) is 0 Å². The minimum Gasteiger partial charge on any atom is -0.422 e. The number of halogens is 2. The van der Waals surface area contributed by atoms with Gasteiger partial charge in [-0.2, -0.15) is 0 Å². The molecule has 0 fully saturated rings. The van der Waals surface area contributed by atoms with Gasteiger partial charge in [0.2, 0.25) is 0 Å². The molecular formula is C22H19F2NO2. The highest BCUT2D eigenvalue weighted by atomic mass is 19.1. The van der Waals surface area contributed by atoms with E-state index >= 15 is 0 Å². The average Bonchev–Trinajstić information content (AvgIpc) is 2.67. The zero-order chi connectivity index (χ0) is 19.4. The first-order valence-corrected chi connectivity index (χ1v) is 8.71. The Bertz CT molecular complexity index is 928. The van der Waals surface area contributed by atoms with Crippen molar-refractivity contribution in [3.05, 3.63) is 83.2 Å². The van der Waals surface area contributed by atoms with Gasteiger partial charge in [0, 0.05) is 29.5 Å². The predicted molar refractivity (Wildman–Crippen MR) is 99.7 cm³/mol. The van der Waals surface area contributed by atoms with Crippen molar-refractivity contribution in [1.82, 2.24) is 4.98 Å². The van der Waals surface area contributed by atoms with Crippen LogP contribution in [0.2, 0.25) is 0 Å². The molecular weight excluding hydrogens is 348 g/mol. The van der Waals surface area contributed by atoms with E-state index in [2.05, 4.69) is 24.0 Å². The smallest absolute Gasteiger partial charge is 0.362 e. The van der Waals surface area contributed by atoms with Gasteiger partial charge in [-0.25, -0.2) is 18.6 Å². The highest BCUT2D eigenvalue weighted by Crippen LogP contribution is 2.22. The fourth-order valence-corrected chi connectivity index (χ4v) is 2.68. The summed E-state index contributed by atoms with van der Waals surface area (Å²) in [6.45, 7) is 3.44. The summed E-state index contributed by atoms with van der Waals surface area (Å²) in [5, 5.41) is 0. The first kappa shape index (κ1) is 18.7.